The van der Waals surface area contributed by atoms with Gasteiger partial charge in [-0.05, 0) is 38.5 Å². The zero-order valence-electron chi connectivity index (χ0n) is 23.9. The van der Waals surface area contributed by atoms with E-state index in [0.717, 1.165) is 77.0 Å². The average molecular weight is 608 g/mol. The van der Waals surface area contributed by atoms with E-state index < -0.39 is 17.9 Å². The number of carboxylic acids is 3. The van der Waals surface area contributed by atoms with Crippen molar-refractivity contribution in [2.45, 2.75) is 143 Å². The minimum absolute atomic E-state index is 0.111. The van der Waals surface area contributed by atoms with E-state index in [1.807, 2.05) is 20.8 Å². The van der Waals surface area contributed by atoms with Crippen LogP contribution in [0.5, 0.6) is 0 Å². The number of unbranched alkanes of at least 4 members (excludes halogenated alkanes) is 4. The Labute approximate surface area is 230 Å². The molecule has 35 heavy (non-hydrogen) atoms. The van der Waals surface area contributed by atoms with Gasteiger partial charge in [0.2, 0.25) is 0 Å². The summed E-state index contributed by atoms with van der Waals surface area (Å²) >= 11 is 1.68. The van der Waals surface area contributed by atoms with Gasteiger partial charge < -0.3 is 15.3 Å². The number of carbonyl (C=O) groups is 3. The van der Waals surface area contributed by atoms with Crippen LogP contribution in [0.25, 0.3) is 0 Å². The molecule has 0 aliphatic rings. The van der Waals surface area contributed by atoms with Crippen molar-refractivity contribution < 1.29 is 29.7 Å². The number of aliphatic carboxylic acids is 3. The molecule has 0 aliphatic heterocycles. The second-order valence-electron chi connectivity index (χ2n) is 8.86. The van der Waals surface area contributed by atoms with Crippen molar-refractivity contribution in [1.29, 1.82) is 0 Å². The van der Waals surface area contributed by atoms with Crippen LogP contribution in [0.3, 0.4) is 0 Å². The molecule has 0 spiro atoms. The molecular weight excluding hydrogens is 551 g/mol. The normalized spacial score (nSPS) is 12.3. The number of hydrogen-bond acceptors (Lipinski definition) is 3. The topological polar surface area (TPSA) is 112 Å². The Morgan fingerprint density at radius 3 is 0.829 bits per heavy atom. The van der Waals surface area contributed by atoms with Crippen molar-refractivity contribution >= 4 is 40.4 Å². The first kappa shape index (κ1) is 41.3. The maximum absolute atomic E-state index is 10.4. The van der Waals surface area contributed by atoms with Crippen LogP contribution in [0.1, 0.15) is 138 Å². The second kappa shape index (κ2) is 33.2. The molecule has 0 amide bonds. The van der Waals surface area contributed by atoms with Gasteiger partial charge >= 0.3 is 64.6 Å². The van der Waals surface area contributed by atoms with Crippen molar-refractivity contribution in [1.82, 2.24) is 0 Å². The Balaban J connectivity index is -0.000000188. The third kappa shape index (κ3) is 33.2. The predicted molar refractivity (Wildman–Crippen MR) is 148 cm³/mol. The summed E-state index contributed by atoms with van der Waals surface area (Å²) in [6.45, 7) is 14.2. The van der Waals surface area contributed by atoms with Crippen LogP contribution in [0.15, 0.2) is 0 Å². The summed E-state index contributed by atoms with van der Waals surface area (Å²) in [7, 11) is 0. The zero-order chi connectivity index (χ0) is 28.1. The van der Waals surface area contributed by atoms with Gasteiger partial charge in [-0.15, -0.1) is 0 Å². The van der Waals surface area contributed by atoms with Gasteiger partial charge in [0.1, 0.15) is 0 Å². The molecule has 0 rings (SSSR count). The first-order valence-electron chi connectivity index (χ1n) is 13.9. The molecule has 3 unspecified atom stereocenters. The molecule has 6 nitrogen and oxygen atoms in total. The molecular formula is C28H57O6Sn. The Morgan fingerprint density at radius 1 is 0.514 bits per heavy atom. The van der Waals surface area contributed by atoms with E-state index in [1.54, 1.807) is 22.5 Å². The Bertz CT molecular complexity index is 407. The average Bonchev–Trinajstić information content (AvgIpc) is 2.82. The molecule has 3 atom stereocenters. The fraction of sp³-hybridized carbons (Fsp3) is 0.893. The first-order valence-corrected chi connectivity index (χ1v) is 15.9. The molecule has 0 heterocycles. The van der Waals surface area contributed by atoms with Crippen molar-refractivity contribution in [2.75, 3.05) is 0 Å². The maximum atomic E-state index is 10.4. The van der Waals surface area contributed by atoms with Crippen LogP contribution < -0.4 is 0 Å². The van der Waals surface area contributed by atoms with Crippen LogP contribution >= 0.6 is 0 Å². The summed E-state index contributed by atoms with van der Waals surface area (Å²) < 4.78 is 1.43. The summed E-state index contributed by atoms with van der Waals surface area (Å²) in [5, 5.41) is 25.8. The fourth-order valence-corrected chi connectivity index (χ4v) is 4.04. The first-order chi connectivity index (χ1) is 16.6. The van der Waals surface area contributed by atoms with E-state index in [0.29, 0.717) is 0 Å². The molecule has 209 valence electrons. The summed E-state index contributed by atoms with van der Waals surface area (Å²) in [4.78, 5) is 31.3. The Hall–Kier alpha value is -0.791. The molecule has 0 saturated heterocycles. The molecule has 3 radical (unpaired) electrons. The van der Waals surface area contributed by atoms with Crippen LogP contribution in [0.2, 0.25) is 4.44 Å². The summed E-state index contributed by atoms with van der Waals surface area (Å²) in [5.74, 6) is -2.26. The van der Waals surface area contributed by atoms with Crippen molar-refractivity contribution in [3.05, 3.63) is 0 Å². The van der Waals surface area contributed by atoms with Gasteiger partial charge in [0, 0.05) is 0 Å². The minimum atomic E-state index is -0.643. The van der Waals surface area contributed by atoms with E-state index in [4.69, 9.17) is 15.3 Å². The van der Waals surface area contributed by atoms with Crippen LogP contribution in [0.4, 0.5) is 0 Å². The Morgan fingerprint density at radius 2 is 0.743 bits per heavy atom. The monoisotopic (exact) mass is 609 g/mol. The van der Waals surface area contributed by atoms with Crippen LogP contribution in [-0.2, 0) is 14.4 Å². The number of carboxylic acid groups (broad SMARTS) is 3. The summed E-state index contributed by atoms with van der Waals surface area (Å²) in [6.07, 6.45) is 13.9. The molecule has 0 saturated carbocycles. The van der Waals surface area contributed by atoms with Gasteiger partial charge in [-0.2, -0.15) is 0 Å². The molecule has 0 bridgehead atoms. The Kier molecular flexibility index (Phi) is 39.2. The number of rotatable bonds is 17. The zero-order valence-corrected chi connectivity index (χ0v) is 26.8. The fourth-order valence-electron chi connectivity index (χ4n) is 3.04. The quantitative estimate of drug-likeness (QED) is 0.144. The van der Waals surface area contributed by atoms with Crippen LogP contribution in [-0.4, -0.2) is 55.8 Å². The van der Waals surface area contributed by atoms with Crippen molar-refractivity contribution in [3.63, 3.8) is 0 Å². The standard InChI is InChI=1S/3C8H16O2.C4H9.Sn/c3*1-3-5-6-7(4-2)8(9)10;1-3-4-2;/h3*7H,3-6H2,1-2H3,(H,9,10);1,3-4H2,2H3;. The van der Waals surface area contributed by atoms with Crippen molar-refractivity contribution in [3.8, 4) is 0 Å². The van der Waals surface area contributed by atoms with E-state index in [2.05, 4.69) is 27.7 Å². The molecule has 3 N–H and O–H groups in total. The van der Waals surface area contributed by atoms with Gasteiger partial charge in [0.25, 0.3) is 0 Å². The van der Waals surface area contributed by atoms with Crippen molar-refractivity contribution in [2.24, 2.45) is 17.8 Å². The third-order valence-corrected chi connectivity index (χ3v) is 6.78. The SMILES string of the molecule is CCCCC(CC)C(=O)O.CCCCC(CC)C(=O)O.CCCCC(CC)C(=O)O.CCC[CH2][Sn]. The van der Waals surface area contributed by atoms with Gasteiger partial charge in [-0.3, -0.25) is 14.4 Å². The summed E-state index contributed by atoms with van der Waals surface area (Å²) in [5.41, 5.74) is 0. The van der Waals surface area contributed by atoms with E-state index in [1.165, 1.54) is 17.3 Å². The van der Waals surface area contributed by atoms with Gasteiger partial charge in [-0.1, -0.05) is 80.1 Å². The molecule has 7 heteroatoms. The predicted octanol–water partition coefficient (Wildman–Crippen LogP) is 8.24. The molecule has 0 aromatic carbocycles. The van der Waals surface area contributed by atoms with E-state index >= 15 is 0 Å². The van der Waals surface area contributed by atoms with Gasteiger partial charge in [0.15, 0.2) is 0 Å². The van der Waals surface area contributed by atoms with E-state index in [-0.39, 0.29) is 17.8 Å². The molecule has 0 aliphatic carbocycles. The van der Waals surface area contributed by atoms with E-state index in [9.17, 15) is 14.4 Å². The second-order valence-corrected chi connectivity index (χ2v) is 10.3. The van der Waals surface area contributed by atoms with Gasteiger partial charge in [0.05, 0.1) is 17.8 Å². The molecule has 0 fully saturated rings. The van der Waals surface area contributed by atoms with Crippen LogP contribution in [0, 0.1) is 17.8 Å². The van der Waals surface area contributed by atoms with Gasteiger partial charge in [-0.25, -0.2) is 0 Å². The summed E-state index contributed by atoms with van der Waals surface area (Å²) in [6, 6.07) is 0. The molecule has 0 aromatic rings. The molecule has 0 aromatic heterocycles. The number of hydrogen-bond donors (Lipinski definition) is 3. The third-order valence-electron chi connectivity index (χ3n) is 5.77.